The molecule has 0 amide bonds. The first-order valence-electron chi connectivity index (χ1n) is 8.41. The van der Waals surface area contributed by atoms with E-state index in [1.165, 1.54) is 0 Å². The molecule has 0 aliphatic carbocycles. The third kappa shape index (κ3) is 4.61. The van der Waals surface area contributed by atoms with Crippen molar-refractivity contribution in [3.8, 4) is 0 Å². The van der Waals surface area contributed by atoms with Gasteiger partial charge in [-0.1, -0.05) is 26.0 Å². The Kier molecular flexibility index (Phi) is 8.06. The van der Waals surface area contributed by atoms with Crippen LogP contribution in [0.3, 0.4) is 0 Å². The second kappa shape index (κ2) is 9.78. The second-order valence-corrected chi connectivity index (χ2v) is 5.13. The lowest BCUT2D eigenvalue weighted by atomic mass is 10.0. The number of ether oxygens (including phenoxy) is 1. The molecule has 0 spiro atoms. The summed E-state index contributed by atoms with van der Waals surface area (Å²) in [6.07, 6.45) is 1.45. The number of hydrogen-bond donors (Lipinski definition) is 2. The molecule has 0 aliphatic heterocycles. The Morgan fingerprint density at radius 1 is 1.25 bits per heavy atom. The van der Waals surface area contributed by atoms with Crippen LogP contribution in [0.25, 0.3) is 16.5 Å². The van der Waals surface area contributed by atoms with Gasteiger partial charge in [-0.15, -0.1) is 0 Å². The quantitative estimate of drug-likeness (QED) is 0.618. The summed E-state index contributed by atoms with van der Waals surface area (Å²) in [6.45, 7) is 9.08. The molecular formula is C19H28N2O3. The van der Waals surface area contributed by atoms with Gasteiger partial charge in [0.1, 0.15) is 5.58 Å². The zero-order valence-electron chi connectivity index (χ0n) is 15.0. The summed E-state index contributed by atoms with van der Waals surface area (Å²) < 4.78 is 10.6. The van der Waals surface area contributed by atoms with Crippen molar-refractivity contribution in [3.63, 3.8) is 0 Å². The van der Waals surface area contributed by atoms with Crippen LogP contribution in [-0.4, -0.2) is 13.2 Å². The molecular weight excluding hydrogens is 304 g/mol. The molecule has 2 aromatic rings. The van der Waals surface area contributed by atoms with E-state index in [-0.39, 0.29) is 0 Å². The predicted octanol–water partition coefficient (Wildman–Crippen LogP) is 3.91. The van der Waals surface area contributed by atoms with Crippen LogP contribution in [0.5, 0.6) is 0 Å². The number of nitrogens with two attached hydrogens (primary N) is 2. The number of allylic oxidation sites excluding steroid dienone is 2. The lowest BCUT2D eigenvalue weighted by Gasteiger charge is -2.11. The Morgan fingerprint density at radius 2 is 1.92 bits per heavy atom. The highest BCUT2D eigenvalue weighted by Gasteiger charge is 2.15. The summed E-state index contributed by atoms with van der Waals surface area (Å²) in [5.41, 5.74) is 14.4. The Hall–Kier alpha value is -2.27. The molecule has 1 aromatic carbocycles. The predicted molar refractivity (Wildman–Crippen MR) is 101 cm³/mol. The summed E-state index contributed by atoms with van der Waals surface area (Å²) in [7, 11) is 0. The first kappa shape index (κ1) is 19.8. The number of nitrogen functional groups attached to an aromatic ring is 1. The van der Waals surface area contributed by atoms with E-state index in [0.29, 0.717) is 47.7 Å². The van der Waals surface area contributed by atoms with E-state index in [2.05, 4.69) is 0 Å². The number of fused-ring (bicyclic) bond motifs is 1. The maximum absolute atomic E-state index is 12.2. The summed E-state index contributed by atoms with van der Waals surface area (Å²) in [5.74, 6) is 0. The molecule has 0 bridgehead atoms. The highest BCUT2D eigenvalue weighted by molar-refractivity contribution is 5.94. The monoisotopic (exact) mass is 332 g/mol. The Labute approximate surface area is 143 Å². The average Bonchev–Trinajstić information content (AvgIpc) is 2.60. The molecule has 0 fully saturated rings. The molecule has 0 atom stereocenters. The molecule has 0 unspecified atom stereocenters. The summed E-state index contributed by atoms with van der Waals surface area (Å²) in [5, 5.41) is 0.721. The van der Waals surface area contributed by atoms with E-state index in [0.717, 1.165) is 11.8 Å². The van der Waals surface area contributed by atoms with Crippen LogP contribution in [-0.2, 0) is 4.74 Å². The smallest absolute Gasteiger partial charge is 0.346 e. The summed E-state index contributed by atoms with van der Waals surface area (Å²) in [4.78, 5) is 12.2. The molecule has 24 heavy (non-hydrogen) atoms. The van der Waals surface area contributed by atoms with Crippen molar-refractivity contribution < 1.29 is 9.15 Å². The molecule has 5 heteroatoms. The van der Waals surface area contributed by atoms with Crippen LogP contribution in [0.2, 0.25) is 0 Å². The van der Waals surface area contributed by atoms with Crippen LogP contribution < -0.4 is 17.1 Å². The third-order valence-electron chi connectivity index (χ3n) is 3.65. The molecule has 1 heterocycles. The van der Waals surface area contributed by atoms with Crippen molar-refractivity contribution in [3.05, 3.63) is 45.9 Å². The SMILES string of the molecule is CC.CCOCCC/C(N)=C(\C)c1c(N)c2ccccc2oc1=O. The maximum Gasteiger partial charge on any atom is 0.346 e. The fraction of sp³-hybridized carbons (Fsp3) is 0.421. The van der Waals surface area contributed by atoms with Gasteiger partial charge in [0.2, 0.25) is 0 Å². The molecule has 2 rings (SSSR count). The minimum atomic E-state index is -0.457. The van der Waals surface area contributed by atoms with E-state index in [1.54, 1.807) is 19.1 Å². The van der Waals surface area contributed by atoms with Crippen molar-refractivity contribution in [1.82, 2.24) is 0 Å². The van der Waals surface area contributed by atoms with Gasteiger partial charge in [-0.2, -0.15) is 0 Å². The van der Waals surface area contributed by atoms with Crippen molar-refractivity contribution in [2.24, 2.45) is 5.73 Å². The summed E-state index contributed by atoms with van der Waals surface area (Å²) >= 11 is 0. The van der Waals surface area contributed by atoms with Gasteiger partial charge in [0.15, 0.2) is 0 Å². The number of hydrogen-bond acceptors (Lipinski definition) is 5. The van der Waals surface area contributed by atoms with Crippen LogP contribution in [0.1, 0.15) is 46.1 Å². The topological polar surface area (TPSA) is 91.5 Å². The minimum Gasteiger partial charge on any atom is -0.422 e. The lowest BCUT2D eigenvalue weighted by Crippen LogP contribution is -2.13. The van der Waals surface area contributed by atoms with E-state index >= 15 is 0 Å². The number of anilines is 1. The van der Waals surface area contributed by atoms with Crippen LogP contribution >= 0.6 is 0 Å². The maximum atomic E-state index is 12.2. The number of benzene rings is 1. The van der Waals surface area contributed by atoms with Crippen molar-refractivity contribution >= 4 is 22.2 Å². The lowest BCUT2D eigenvalue weighted by molar-refractivity contribution is 0.145. The van der Waals surface area contributed by atoms with E-state index < -0.39 is 5.63 Å². The van der Waals surface area contributed by atoms with Gasteiger partial charge in [-0.25, -0.2) is 4.79 Å². The van der Waals surface area contributed by atoms with Crippen LogP contribution in [0.15, 0.2) is 39.2 Å². The van der Waals surface area contributed by atoms with Crippen molar-refractivity contribution in [2.75, 3.05) is 18.9 Å². The third-order valence-corrected chi connectivity index (χ3v) is 3.65. The zero-order valence-corrected chi connectivity index (χ0v) is 15.0. The molecule has 0 radical (unpaired) electrons. The molecule has 0 aliphatic rings. The largest absolute Gasteiger partial charge is 0.422 e. The Morgan fingerprint density at radius 3 is 2.58 bits per heavy atom. The van der Waals surface area contributed by atoms with E-state index in [4.69, 9.17) is 20.6 Å². The minimum absolute atomic E-state index is 0.354. The van der Waals surface area contributed by atoms with Gasteiger partial charge < -0.3 is 20.6 Å². The first-order valence-corrected chi connectivity index (χ1v) is 8.41. The van der Waals surface area contributed by atoms with Gasteiger partial charge >= 0.3 is 5.63 Å². The van der Waals surface area contributed by atoms with Crippen molar-refractivity contribution in [2.45, 2.75) is 40.5 Å². The van der Waals surface area contributed by atoms with Gasteiger partial charge in [-0.05, 0) is 44.4 Å². The first-order chi connectivity index (χ1) is 11.6. The van der Waals surface area contributed by atoms with Gasteiger partial charge in [0.25, 0.3) is 0 Å². The van der Waals surface area contributed by atoms with E-state index in [1.807, 2.05) is 32.9 Å². The van der Waals surface area contributed by atoms with Crippen LogP contribution in [0, 0.1) is 0 Å². The van der Waals surface area contributed by atoms with Gasteiger partial charge in [-0.3, -0.25) is 0 Å². The highest BCUT2D eigenvalue weighted by Crippen LogP contribution is 2.27. The Bertz CT molecular complexity index is 748. The molecule has 0 saturated heterocycles. The van der Waals surface area contributed by atoms with Crippen LogP contribution in [0.4, 0.5) is 5.69 Å². The normalized spacial score (nSPS) is 11.7. The van der Waals surface area contributed by atoms with Gasteiger partial charge in [0.05, 0.1) is 11.3 Å². The van der Waals surface area contributed by atoms with Gasteiger partial charge in [0, 0.05) is 24.3 Å². The van der Waals surface area contributed by atoms with E-state index in [9.17, 15) is 4.79 Å². The molecule has 5 nitrogen and oxygen atoms in total. The standard InChI is InChI=1S/C17H22N2O3.C2H6/c1-3-21-10-6-8-13(18)11(2)15-16(19)12-7-4-5-9-14(12)22-17(15)20;1-2/h4-5,7,9H,3,6,8,10,18-19H2,1-2H3;1-2H3/b13-11-;. The molecule has 0 saturated carbocycles. The fourth-order valence-corrected chi connectivity index (χ4v) is 2.39. The number of rotatable bonds is 6. The number of para-hydroxylation sites is 1. The van der Waals surface area contributed by atoms with Crippen molar-refractivity contribution in [1.29, 1.82) is 0 Å². The second-order valence-electron chi connectivity index (χ2n) is 5.13. The fourth-order valence-electron chi connectivity index (χ4n) is 2.39. The molecule has 132 valence electrons. The highest BCUT2D eigenvalue weighted by atomic mass is 16.5. The summed E-state index contributed by atoms with van der Waals surface area (Å²) in [6, 6.07) is 7.21. The Balaban J connectivity index is 0.00000139. The molecule has 1 aromatic heterocycles. The average molecular weight is 332 g/mol. The zero-order chi connectivity index (χ0) is 18.1. The molecule has 4 N–H and O–H groups in total.